The largest absolute Gasteiger partial charge is 0.325 e. The predicted octanol–water partition coefficient (Wildman–Crippen LogP) is 5.43. The van der Waals surface area contributed by atoms with Gasteiger partial charge in [-0.25, -0.2) is 8.42 Å². The molecule has 1 aliphatic heterocycles. The molecule has 0 saturated carbocycles. The van der Waals surface area contributed by atoms with Gasteiger partial charge in [-0.15, -0.1) is 11.3 Å². The number of nitrogens with one attached hydrogen (secondary N) is 1. The van der Waals surface area contributed by atoms with Crippen LogP contribution in [0.4, 0.5) is 5.69 Å². The van der Waals surface area contributed by atoms with Crippen molar-refractivity contribution in [3.8, 4) is 0 Å². The van der Waals surface area contributed by atoms with Gasteiger partial charge >= 0.3 is 0 Å². The van der Waals surface area contributed by atoms with E-state index in [1.165, 1.54) is 15.6 Å². The second-order valence-electron chi connectivity index (χ2n) is 7.60. The normalized spacial score (nSPS) is 15.3. The molecule has 1 N–H and O–H groups in total. The van der Waals surface area contributed by atoms with Crippen LogP contribution in [-0.2, 0) is 14.8 Å². The maximum atomic E-state index is 13.1. The van der Waals surface area contributed by atoms with Crippen LogP contribution in [0, 0.1) is 5.92 Å². The number of nitrogens with zero attached hydrogens (tertiary/aromatic N) is 1. The lowest BCUT2D eigenvalue weighted by molar-refractivity contribution is -0.120. The SMILES string of the molecule is O=C(c1ccccc1Cl)c1cc(Br)ccc1NC(=O)C1CCN(S(=O)(=O)c2cccs2)CC1. The summed E-state index contributed by atoms with van der Waals surface area (Å²) in [5.74, 6) is -0.889. The molecule has 33 heavy (non-hydrogen) atoms. The van der Waals surface area contributed by atoms with Crippen LogP contribution in [0.1, 0.15) is 28.8 Å². The first kappa shape index (κ1) is 24.1. The van der Waals surface area contributed by atoms with Crippen LogP contribution >= 0.6 is 38.9 Å². The van der Waals surface area contributed by atoms with Crippen molar-refractivity contribution in [1.82, 2.24) is 4.31 Å². The number of halogens is 2. The van der Waals surface area contributed by atoms with E-state index >= 15 is 0 Å². The quantitative estimate of drug-likeness (QED) is 0.403. The van der Waals surface area contributed by atoms with E-state index in [0.29, 0.717) is 43.4 Å². The first-order valence-electron chi connectivity index (χ1n) is 10.2. The Morgan fingerprint density at radius 3 is 2.42 bits per heavy atom. The summed E-state index contributed by atoms with van der Waals surface area (Å²) in [5.41, 5.74) is 1.06. The summed E-state index contributed by atoms with van der Waals surface area (Å²) >= 11 is 10.8. The van der Waals surface area contributed by atoms with Gasteiger partial charge in [0, 0.05) is 34.6 Å². The van der Waals surface area contributed by atoms with Gasteiger partial charge in [0.1, 0.15) is 4.21 Å². The van der Waals surface area contributed by atoms with E-state index in [4.69, 9.17) is 11.6 Å². The zero-order valence-electron chi connectivity index (χ0n) is 17.3. The van der Waals surface area contributed by atoms with Gasteiger partial charge in [0.15, 0.2) is 5.78 Å². The van der Waals surface area contributed by atoms with E-state index in [0.717, 1.165) is 0 Å². The minimum atomic E-state index is -3.53. The minimum Gasteiger partial charge on any atom is -0.325 e. The minimum absolute atomic E-state index is 0.237. The lowest BCUT2D eigenvalue weighted by Crippen LogP contribution is -2.41. The van der Waals surface area contributed by atoms with E-state index in [9.17, 15) is 18.0 Å². The third-order valence-corrected chi connectivity index (χ3v) is 9.61. The third kappa shape index (κ3) is 5.22. The van der Waals surface area contributed by atoms with Gasteiger partial charge in [-0.2, -0.15) is 4.31 Å². The molecule has 6 nitrogen and oxygen atoms in total. The number of rotatable bonds is 6. The molecule has 1 saturated heterocycles. The molecule has 0 unspecified atom stereocenters. The molecule has 0 aliphatic carbocycles. The molecule has 2 heterocycles. The van der Waals surface area contributed by atoms with Crippen molar-refractivity contribution >= 4 is 66.3 Å². The van der Waals surface area contributed by atoms with Gasteiger partial charge in [0.2, 0.25) is 5.91 Å². The molecule has 3 aromatic rings. The summed E-state index contributed by atoms with van der Waals surface area (Å²) in [5, 5.41) is 4.93. The second kappa shape index (κ2) is 10.1. The van der Waals surface area contributed by atoms with Crippen LogP contribution in [0.5, 0.6) is 0 Å². The fraction of sp³-hybridized carbons (Fsp3) is 0.217. The number of hydrogen-bond acceptors (Lipinski definition) is 5. The molecule has 4 rings (SSSR count). The Kier molecular flexibility index (Phi) is 7.35. The number of carbonyl (C=O) groups is 2. The number of amides is 1. The highest BCUT2D eigenvalue weighted by Gasteiger charge is 2.33. The predicted molar refractivity (Wildman–Crippen MR) is 133 cm³/mol. The van der Waals surface area contributed by atoms with Crippen LogP contribution in [0.15, 0.2) is 68.7 Å². The Morgan fingerprint density at radius 2 is 1.76 bits per heavy atom. The summed E-state index contributed by atoms with van der Waals surface area (Å²) in [6, 6.07) is 15.1. The van der Waals surface area contributed by atoms with Crippen molar-refractivity contribution in [2.75, 3.05) is 18.4 Å². The average molecular weight is 568 g/mol. The first-order chi connectivity index (χ1) is 15.8. The zero-order chi connectivity index (χ0) is 23.6. The summed E-state index contributed by atoms with van der Waals surface area (Å²) in [6.07, 6.45) is 0.807. The van der Waals surface area contributed by atoms with E-state index in [2.05, 4.69) is 21.2 Å². The highest BCUT2D eigenvalue weighted by Crippen LogP contribution is 2.30. The summed E-state index contributed by atoms with van der Waals surface area (Å²) in [4.78, 5) is 26.1. The lowest BCUT2D eigenvalue weighted by Gasteiger charge is -2.30. The molecule has 1 fully saturated rings. The van der Waals surface area contributed by atoms with Crippen molar-refractivity contribution in [2.24, 2.45) is 5.92 Å². The Morgan fingerprint density at radius 1 is 1.03 bits per heavy atom. The zero-order valence-corrected chi connectivity index (χ0v) is 21.3. The van der Waals surface area contributed by atoms with Crippen LogP contribution in [-0.4, -0.2) is 37.5 Å². The summed E-state index contributed by atoms with van der Waals surface area (Å²) in [7, 11) is -3.53. The molecule has 10 heteroatoms. The Hall–Kier alpha value is -2.04. The fourth-order valence-electron chi connectivity index (χ4n) is 3.73. The molecule has 1 aromatic heterocycles. The van der Waals surface area contributed by atoms with Gasteiger partial charge in [-0.3, -0.25) is 9.59 Å². The van der Waals surface area contributed by atoms with Crippen LogP contribution in [0.25, 0.3) is 0 Å². The van der Waals surface area contributed by atoms with E-state index in [1.54, 1.807) is 60.0 Å². The molecule has 0 spiro atoms. The topological polar surface area (TPSA) is 83.6 Å². The fourth-order valence-corrected chi connectivity index (χ4v) is 6.93. The van der Waals surface area contributed by atoms with E-state index in [1.807, 2.05) is 0 Å². The van der Waals surface area contributed by atoms with Crippen molar-refractivity contribution in [1.29, 1.82) is 0 Å². The number of benzene rings is 2. The molecule has 0 atom stereocenters. The molecule has 2 aromatic carbocycles. The lowest BCUT2D eigenvalue weighted by atomic mass is 9.96. The van der Waals surface area contributed by atoms with E-state index < -0.39 is 10.0 Å². The van der Waals surface area contributed by atoms with Gasteiger partial charge < -0.3 is 5.32 Å². The maximum Gasteiger partial charge on any atom is 0.252 e. The summed E-state index contributed by atoms with van der Waals surface area (Å²) < 4.78 is 27.9. The Bertz CT molecular complexity index is 1290. The molecule has 1 aliphatic rings. The maximum absolute atomic E-state index is 13.1. The molecule has 0 radical (unpaired) electrons. The second-order valence-corrected chi connectivity index (χ2v) is 12.0. The molecule has 172 valence electrons. The van der Waals surface area contributed by atoms with Crippen LogP contribution in [0.2, 0.25) is 5.02 Å². The van der Waals surface area contributed by atoms with Gasteiger partial charge in [-0.1, -0.05) is 45.7 Å². The summed E-state index contributed by atoms with van der Waals surface area (Å²) in [6.45, 7) is 0.536. The van der Waals surface area contributed by atoms with Crippen LogP contribution < -0.4 is 5.32 Å². The smallest absolute Gasteiger partial charge is 0.252 e. The number of carbonyl (C=O) groups excluding carboxylic acids is 2. The highest BCUT2D eigenvalue weighted by molar-refractivity contribution is 9.10. The van der Waals surface area contributed by atoms with Crippen molar-refractivity contribution in [3.63, 3.8) is 0 Å². The van der Waals surface area contributed by atoms with Gasteiger partial charge in [-0.05, 0) is 54.6 Å². The molecular formula is C23H20BrClN2O4S2. The number of anilines is 1. The number of ketones is 1. The average Bonchev–Trinajstić information content (AvgIpc) is 3.36. The van der Waals surface area contributed by atoms with Crippen molar-refractivity contribution in [2.45, 2.75) is 17.1 Å². The third-order valence-electron chi connectivity index (χ3n) is 5.52. The Balaban J connectivity index is 1.48. The van der Waals surface area contributed by atoms with Gasteiger partial charge in [0.25, 0.3) is 10.0 Å². The molecule has 1 amide bonds. The Labute approximate surface area is 209 Å². The monoisotopic (exact) mass is 566 g/mol. The van der Waals surface area contributed by atoms with Crippen LogP contribution in [0.3, 0.4) is 0 Å². The molecule has 0 bridgehead atoms. The number of hydrogen-bond donors (Lipinski definition) is 1. The van der Waals surface area contributed by atoms with Crippen molar-refractivity contribution in [3.05, 3.63) is 80.6 Å². The van der Waals surface area contributed by atoms with Crippen molar-refractivity contribution < 1.29 is 18.0 Å². The van der Waals surface area contributed by atoms with Gasteiger partial charge in [0.05, 0.1) is 10.7 Å². The van der Waals surface area contributed by atoms with E-state index in [-0.39, 0.29) is 30.7 Å². The molecular weight excluding hydrogens is 548 g/mol. The number of piperidine rings is 1. The number of sulfonamides is 1. The standard InChI is InChI=1S/C23H20BrClN2O4S2/c24-16-7-8-20(18(14-16)22(28)17-4-1-2-5-19(17)25)26-23(29)15-9-11-27(12-10-15)33(30,31)21-6-3-13-32-21/h1-8,13-15H,9-12H2,(H,26,29). The number of thiophene rings is 1. The highest BCUT2D eigenvalue weighted by atomic mass is 79.9. The first-order valence-corrected chi connectivity index (χ1v) is 13.7.